The minimum Gasteiger partial charge on any atom is -0.445 e. The van der Waals surface area contributed by atoms with Gasteiger partial charge in [-0.3, -0.25) is 4.79 Å². The fourth-order valence-electron chi connectivity index (χ4n) is 2.90. The molecular weight excluding hydrogens is 456 g/mol. The van der Waals surface area contributed by atoms with Crippen molar-refractivity contribution in [1.29, 1.82) is 0 Å². The molecule has 1 fully saturated rings. The smallest absolute Gasteiger partial charge is 0.254 e. The lowest BCUT2D eigenvalue weighted by Gasteiger charge is -2.27. The Morgan fingerprint density at radius 3 is 2.90 bits per heavy atom. The van der Waals surface area contributed by atoms with Crippen LogP contribution < -0.4 is 10.1 Å². The van der Waals surface area contributed by atoms with Crippen molar-refractivity contribution in [1.82, 2.24) is 14.9 Å². The quantitative estimate of drug-likeness (QED) is 0.543. The first kappa shape index (κ1) is 19.8. The van der Waals surface area contributed by atoms with Crippen molar-refractivity contribution in [2.24, 2.45) is 0 Å². The molecule has 0 aliphatic carbocycles. The van der Waals surface area contributed by atoms with Gasteiger partial charge < -0.3 is 19.7 Å². The van der Waals surface area contributed by atoms with E-state index < -0.39 is 0 Å². The van der Waals surface area contributed by atoms with Crippen molar-refractivity contribution in [3.8, 4) is 10.8 Å². The van der Waals surface area contributed by atoms with E-state index in [1.807, 2.05) is 42.2 Å². The van der Waals surface area contributed by atoms with Gasteiger partial charge in [0, 0.05) is 18.7 Å². The lowest BCUT2D eigenvalue weighted by atomic mass is 10.1. The van der Waals surface area contributed by atoms with Crippen LogP contribution in [0.3, 0.4) is 0 Å². The minimum atomic E-state index is 0.00337. The number of nitrogens with one attached hydrogen (secondary N) is 1. The van der Waals surface area contributed by atoms with Crippen LogP contribution in [0.2, 0.25) is 0 Å². The Morgan fingerprint density at radius 1 is 1.28 bits per heavy atom. The maximum absolute atomic E-state index is 12.8. The van der Waals surface area contributed by atoms with Gasteiger partial charge in [0.2, 0.25) is 5.06 Å². The molecule has 1 aliphatic rings. The van der Waals surface area contributed by atoms with Gasteiger partial charge >= 0.3 is 0 Å². The zero-order valence-electron chi connectivity index (χ0n) is 15.7. The number of hydrogen-bond donors (Lipinski definition) is 1. The van der Waals surface area contributed by atoms with Gasteiger partial charge in [-0.2, -0.15) is 0 Å². The second-order valence-electron chi connectivity index (χ2n) is 6.44. The number of pyridine rings is 1. The molecule has 0 unspecified atom stereocenters. The Balaban J connectivity index is 1.47. The average Bonchev–Trinajstić information content (AvgIpc) is 3.16. The molecule has 3 heterocycles. The van der Waals surface area contributed by atoms with Gasteiger partial charge in [-0.05, 0) is 52.7 Å². The molecule has 3 aromatic rings. The number of carbonyl (C=O) groups excluding carboxylic acids is 1. The molecule has 2 aromatic heterocycles. The molecule has 0 bridgehead atoms. The lowest BCUT2D eigenvalue weighted by molar-refractivity contribution is 0.0302. The molecule has 1 aliphatic heterocycles. The predicted octanol–water partition coefficient (Wildman–Crippen LogP) is 4.62. The van der Waals surface area contributed by atoms with E-state index in [-0.39, 0.29) is 5.91 Å². The summed E-state index contributed by atoms with van der Waals surface area (Å²) in [6, 6.07) is 11.1. The molecule has 29 heavy (non-hydrogen) atoms. The van der Waals surface area contributed by atoms with E-state index in [0.717, 1.165) is 10.2 Å². The van der Waals surface area contributed by atoms with Crippen LogP contribution in [0.4, 0.5) is 10.9 Å². The minimum absolute atomic E-state index is 0.00337. The van der Waals surface area contributed by atoms with E-state index in [1.165, 1.54) is 11.3 Å². The Morgan fingerprint density at radius 2 is 2.10 bits per heavy atom. The summed E-state index contributed by atoms with van der Waals surface area (Å²) in [5.74, 6) is 1.29. The maximum Gasteiger partial charge on any atom is 0.254 e. The average molecular weight is 475 g/mol. The van der Waals surface area contributed by atoms with E-state index in [1.54, 1.807) is 12.3 Å². The van der Waals surface area contributed by atoms with E-state index in [0.29, 0.717) is 53.6 Å². The number of aromatic nitrogens is 2. The van der Waals surface area contributed by atoms with Gasteiger partial charge in [0.25, 0.3) is 5.91 Å². The molecule has 0 radical (unpaired) electrons. The fraction of sp³-hybridized carbons (Fsp3) is 0.250. The molecular formula is C20H19BrN4O3S. The van der Waals surface area contributed by atoms with Gasteiger partial charge in [0.05, 0.1) is 19.4 Å². The largest absolute Gasteiger partial charge is 0.445 e. The molecule has 150 valence electrons. The Labute approximate surface area is 180 Å². The summed E-state index contributed by atoms with van der Waals surface area (Å²) in [4.78, 5) is 23.3. The van der Waals surface area contributed by atoms with E-state index in [9.17, 15) is 4.79 Å². The Hall–Kier alpha value is -2.49. The van der Waals surface area contributed by atoms with Gasteiger partial charge in [-0.15, -0.1) is 0 Å². The maximum atomic E-state index is 12.8. The molecule has 0 spiro atoms. The number of ether oxygens (including phenoxy) is 2. The highest BCUT2D eigenvalue weighted by Crippen LogP contribution is 2.32. The standard InChI is InChI=1S/C20H19BrN4O3S/c1-13-5-6-14(11-15(13)19(26)25-7-9-27-10-8-25)28-18-12-22-20(29-18)24-17-4-2-3-16(21)23-17/h2-6,11-12H,7-10H2,1H3,(H,22,23,24). The van der Waals surface area contributed by atoms with Crippen LogP contribution >= 0.6 is 27.3 Å². The molecule has 1 aromatic carbocycles. The van der Waals surface area contributed by atoms with Crippen LogP contribution in [0.1, 0.15) is 15.9 Å². The first-order chi connectivity index (χ1) is 14.1. The number of morpholine rings is 1. The number of halogens is 1. The third kappa shape index (κ3) is 4.92. The summed E-state index contributed by atoms with van der Waals surface area (Å²) in [5, 5.41) is 4.44. The monoisotopic (exact) mass is 474 g/mol. The third-order valence-electron chi connectivity index (χ3n) is 4.39. The van der Waals surface area contributed by atoms with Crippen LogP contribution in [-0.4, -0.2) is 47.1 Å². The summed E-state index contributed by atoms with van der Waals surface area (Å²) in [6.07, 6.45) is 1.65. The molecule has 9 heteroatoms. The van der Waals surface area contributed by atoms with E-state index in [2.05, 4.69) is 31.2 Å². The van der Waals surface area contributed by atoms with Crippen molar-refractivity contribution < 1.29 is 14.3 Å². The topological polar surface area (TPSA) is 76.6 Å². The second-order valence-corrected chi connectivity index (χ2v) is 8.24. The number of hydrogen-bond acceptors (Lipinski definition) is 7. The summed E-state index contributed by atoms with van der Waals surface area (Å²) < 4.78 is 12.0. The van der Waals surface area contributed by atoms with Crippen molar-refractivity contribution in [3.63, 3.8) is 0 Å². The Bertz CT molecular complexity index is 1020. The number of benzene rings is 1. The van der Waals surface area contributed by atoms with Gasteiger partial charge in [0.15, 0.2) is 5.13 Å². The van der Waals surface area contributed by atoms with Crippen LogP contribution in [-0.2, 0) is 4.74 Å². The van der Waals surface area contributed by atoms with Crippen molar-refractivity contribution in [2.75, 3.05) is 31.6 Å². The normalized spacial score (nSPS) is 13.9. The van der Waals surface area contributed by atoms with Crippen LogP contribution in [0.15, 0.2) is 47.2 Å². The highest BCUT2D eigenvalue weighted by molar-refractivity contribution is 9.10. The highest BCUT2D eigenvalue weighted by atomic mass is 79.9. The number of aryl methyl sites for hydroxylation is 1. The zero-order chi connectivity index (χ0) is 20.2. The number of amides is 1. The number of rotatable bonds is 5. The first-order valence-corrected chi connectivity index (χ1v) is 10.7. The van der Waals surface area contributed by atoms with Crippen LogP contribution in [0, 0.1) is 6.92 Å². The number of carbonyl (C=O) groups is 1. The van der Waals surface area contributed by atoms with Crippen molar-refractivity contribution in [2.45, 2.75) is 6.92 Å². The first-order valence-electron chi connectivity index (χ1n) is 9.09. The summed E-state index contributed by atoms with van der Waals surface area (Å²) >= 11 is 4.71. The van der Waals surface area contributed by atoms with Crippen molar-refractivity contribution >= 4 is 44.1 Å². The Kier molecular flexibility index (Phi) is 6.08. The fourth-order valence-corrected chi connectivity index (χ4v) is 3.94. The zero-order valence-corrected chi connectivity index (χ0v) is 18.1. The molecule has 0 atom stereocenters. The SMILES string of the molecule is Cc1ccc(Oc2cnc(Nc3cccc(Br)n3)s2)cc1C(=O)N1CCOCC1. The van der Waals surface area contributed by atoms with Gasteiger partial charge in [-0.1, -0.05) is 23.5 Å². The lowest BCUT2D eigenvalue weighted by Crippen LogP contribution is -2.40. The summed E-state index contributed by atoms with van der Waals surface area (Å²) in [5.41, 5.74) is 1.56. The molecule has 0 saturated carbocycles. The molecule has 4 rings (SSSR count). The molecule has 1 N–H and O–H groups in total. The molecule has 1 amide bonds. The molecule has 1 saturated heterocycles. The van der Waals surface area contributed by atoms with Crippen LogP contribution in [0.25, 0.3) is 0 Å². The second kappa shape index (κ2) is 8.89. The number of anilines is 2. The van der Waals surface area contributed by atoms with Crippen molar-refractivity contribution in [3.05, 3.63) is 58.3 Å². The van der Waals surface area contributed by atoms with Gasteiger partial charge in [-0.25, -0.2) is 9.97 Å². The van der Waals surface area contributed by atoms with E-state index in [4.69, 9.17) is 9.47 Å². The predicted molar refractivity (Wildman–Crippen MR) is 115 cm³/mol. The molecule has 7 nitrogen and oxygen atoms in total. The summed E-state index contributed by atoms with van der Waals surface area (Å²) in [7, 11) is 0. The van der Waals surface area contributed by atoms with Crippen LogP contribution in [0.5, 0.6) is 10.8 Å². The van der Waals surface area contributed by atoms with E-state index >= 15 is 0 Å². The number of thiazole rings is 1. The highest BCUT2D eigenvalue weighted by Gasteiger charge is 2.20. The summed E-state index contributed by atoms with van der Waals surface area (Å²) in [6.45, 7) is 4.29. The van der Waals surface area contributed by atoms with Gasteiger partial charge in [0.1, 0.15) is 16.2 Å². The third-order valence-corrected chi connectivity index (χ3v) is 5.62. The number of nitrogens with zero attached hydrogens (tertiary/aromatic N) is 3.